The van der Waals surface area contributed by atoms with Gasteiger partial charge in [0.05, 0.1) is 0 Å². The Morgan fingerprint density at radius 1 is 0.865 bits per heavy atom. The van der Waals surface area contributed by atoms with Gasteiger partial charge in [0.1, 0.15) is 23.5 Å². The standard InChI is InChI=1S/C27H23F2N3O4S/c28-22-7-4-8-23(29)26(22)37(35,36)32-24(27(33)34)16-18-10-12-20(13-11-18)21-6-3-5-19(15-21)17-31-25-9-1-2-14-30-25/h1-15,24,32H,16-17H2,(H,30,31)(H,33,34). The molecule has 0 aliphatic rings. The molecule has 1 atom stereocenters. The molecule has 0 saturated heterocycles. The van der Waals surface area contributed by atoms with Crippen molar-refractivity contribution in [1.82, 2.24) is 9.71 Å². The molecule has 4 aromatic rings. The second-order valence-corrected chi connectivity index (χ2v) is 9.88. The molecule has 0 bridgehead atoms. The summed E-state index contributed by atoms with van der Waals surface area (Å²) in [5, 5.41) is 12.8. The largest absolute Gasteiger partial charge is 0.480 e. The van der Waals surface area contributed by atoms with Crippen molar-refractivity contribution < 1.29 is 27.1 Å². The number of carbonyl (C=O) groups is 1. The summed E-state index contributed by atoms with van der Waals surface area (Å²) >= 11 is 0. The zero-order valence-electron chi connectivity index (χ0n) is 19.4. The molecule has 10 heteroatoms. The summed E-state index contributed by atoms with van der Waals surface area (Å²) in [5.41, 5.74) is 3.38. The third-order valence-corrected chi connectivity index (χ3v) is 7.10. The molecule has 3 aromatic carbocycles. The van der Waals surface area contributed by atoms with Crippen LogP contribution in [0.4, 0.5) is 14.6 Å². The maximum absolute atomic E-state index is 14.0. The van der Waals surface area contributed by atoms with Crippen LogP contribution >= 0.6 is 0 Å². The average molecular weight is 524 g/mol. The molecular formula is C27H23F2N3O4S. The second-order valence-electron chi connectivity index (χ2n) is 8.23. The van der Waals surface area contributed by atoms with Crippen molar-refractivity contribution in [2.24, 2.45) is 0 Å². The zero-order chi connectivity index (χ0) is 26.4. The molecule has 0 amide bonds. The normalized spacial score (nSPS) is 12.2. The van der Waals surface area contributed by atoms with Crippen LogP contribution in [0.5, 0.6) is 0 Å². The van der Waals surface area contributed by atoms with Gasteiger partial charge in [-0.3, -0.25) is 4.79 Å². The number of nitrogens with zero attached hydrogens (tertiary/aromatic N) is 1. The quantitative estimate of drug-likeness (QED) is 0.280. The van der Waals surface area contributed by atoms with E-state index in [1.165, 1.54) is 0 Å². The number of sulfonamides is 1. The van der Waals surface area contributed by atoms with Crippen LogP contribution in [0.3, 0.4) is 0 Å². The Morgan fingerprint density at radius 2 is 1.57 bits per heavy atom. The van der Waals surface area contributed by atoms with E-state index in [-0.39, 0.29) is 6.42 Å². The van der Waals surface area contributed by atoms with Gasteiger partial charge in [0.25, 0.3) is 0 Å². The van der Waals surface area contributed by atoms with Crippen molar-refractivity contribution in [3.63, 3.8) is 0 Å². The van der Waals surface area contributed by atoms with Gasteiger partial charge in [-0.15, -0.1) is 0 Å². The first-order chi connectivity index (χ1) is 17.7. The van der Waals surface area contributed by atoms with E-state index < -0.39 is 38.6 Å². The lowest BCUT2D eigenvalue weighted by molar-refractivity contribution is -0.138. The van der Waals surface area contributed by atoms with Gasteiger partial charge in [-0.2, -0.15) is 4.72 Å². The smallest absolute Gasteiger partial charge is 0.322 e. The molecule has 1 aromatic heterocycles. The van der Waals surface area contributed by atoms with Gasteiger partial charge in [-0.1, -0.05) is 54.6 Å². The van der Waals surface area contributed by atoms with E-state index in [2.05, 4.69) is 10.3 Å². The predicted octanol–water partition coefficient (Wildman–Crippen LogP) is 4.61. The van der Waals surface area contributed by atoms with Crippen LogP contribution < -0.4 is 10.0 Å². The fraction of sp³-hybridized carbons (Fsp3) is 0.111. The molecule has 37 heavy (non-hydrogen) atoms. The predicted molar refractivity (Wildman–Crippen MR) is 135 cm³/mol. The van der Waals surface area contributed by atoms with Gasteiger partial charge in [0, 0.05) is 12.7 Å². The highest BCUT2D eigenvalue weighted by molar-refractivity contribution is 7.89. The summed E-state index contributed by atoms with van der Waals surface area (Å²) < 4.78 is 54.9. The Balaban J connectivity index is 1.46. The number of pyridine rings is 1. The first kappa shape index (κ1) is 25.9. The number of hydrogen-bond donors (Lipinski definition) is 3. The maximum Gasteiger partial charge on any atom is 0.322 e. The number of carboxylic acid groups (broad SMARTS) is 1. The van der Waals surface area contributed by atoms with E-state index in [1.54, 1.807) is 30.5 Å². The minimum atomic E-state index is -4.76. The fourth-order valence-electron chi connectivity index (χ4n) is 3.75. The van der Waals surface area contributed by atoms with E-state index >= 15 is 0 Å². The number of rotatable bonds is 10. The van der Waals surface area contributed by atoms with Crippen molar-refractivity contribution in [3.8, 4) is 11.1 Å². The van der Waals surface area contributed by atoms with Crippen molar-refractivity contribution in [2.75, 3.05) is 5.32 Å². The number of hydrogen-bond acceptors (Lipinski definition) is 5. The van der Waals surface area contributed by atoms with Crippen LogP contribution in [-0.2, 0) is 27.8 Å². The SMILES string of the molecule is O=C(O)C(Cc1ccc(-c2cccc(CNc3ccccn3)c2)cc1)NS(=O)(=O)c1c(F)cccc1F. The minimum Gasteiger partial charge on any atom is -0.480 e. The lowest BCUT2D eigenvalue weighted by Gasteiger charge is -2.16. The average Bonchev–Trinajstić information content (AvgIpc) is 2.88. The van der Waals surface area contributed by atoms with E-state index in [4.69, 9.17) is 0 Å². The van der Waals surface area contributed by atoms with Crippen LogP contribution in [0.25, 0.3) is 11.1 Å². The van der Waals surface area contributed by atoms with Gasteiger partial charge in [0.2, 0.25) is 10.0 Å². The molecule has 7 nitrogen and oxygen atoms in total. The van der Waals surface area contributed by atoms with Gasteiger partial charge >= 0.3 is 5.97 Å². The van der Waals surface area contributed by atoms with E-state index in [0.717, 1.165) is 40.7 Å². The van der Waals surface area contributed by atoms with Crippen LogP contribution in [0, 0.1) is 11.6 Å². The first-order valence-electron chi connectivity index (χ1n) is 11.3. The van der Waals surface area contributed by atoms with Crippen LogP contribution in [0.2, 0.25) is 0 Å². The molecule has 0 radical (unpaired) electrons. The highest BCUT2D eigenvalue weighted by Gasteiger charge is 2.30. The summed E-state index contributed by atoms with van der Waals surface area (Å²) in [6.07, 6.45) is 1.48. The van der Waals surface area contributed by atoms with Gasteiger partial charge in [-0.05, 0) is 59.0 Å². The van der Waals surface area contributed by atoms with E-state index in [9.17, 15) is 27.1 Å². The molecule has 1 heterocycles. The van der Waals surface area contributed by atoms with Crippen molar-refractivity contribution in [1.29, 1.82) is 0 Å². The van der Waals surface area contributed by atoms with Crippen LogP contribution in [-0.4, -0.2) is 30.5 Å². The number of aliphatic carboxylic acids is 1. The minimum absolute atomic E-state index is 0.223. The number of aromatic nitrogens is 1. The topological polar surface area (TPSA) is 108 Å². The lowest BCUT2D eigenvalue weighted by atomic mass is 9.99. The summed E-state index contributed by atoms with van der Waals surface area (Å²) in [6, 6.07) is 21.4. The fourth-order valence-corrected chi connectivity index (χ4v) is 5.08. The summed E-state index contributed by atoms with van der Waals surface area (Å²) in [4.78, 5) is 14.8. The number of carboxylic acids is 1. The molecule has 0 aliphatic heterocycles. The van der Waals surface area contributed by atoms with Gasteiger partial charge in [0.15, 0.2) is 4.90 Å². The van der Waals surface area contributed by atoms with Crippen LogP contribution in [0.15, 0.2) is 96.0 Å². The molecule has 4 rings (SSSR count). The van der Waals surface area contributed by atoms with Crippen molar-refractivity contribution >= 4 is 21.8 Å². The number of anilines is 1. The Bertz CT molecular complexity index is 1480. The van der Waals surface area contributed by atoms with Crippen LogP contribution in [0.1, 0.15) is 11.1 Å². The van der Waals surface area contributed by atoms with E-state index in [1.807, 2.05) is 47.2 Å². The summed E-state index contributed by atoms with van der Waals surface area (Å²) in [6.45, 7) is 0.575. The molecule has 0 fully saturated rings. The molecule has 1 unspecified atom stereocenters. The van der Waals surface area contributed by atoms with E-state index in [0.29, 0.717) is 12.1 Å². The Kier molecular flexibility index (Phi) is 7.90. The number of nitrogens with one attached hydrogen (secondary N) is 2. The first-order valence-corrected chi connectivity index (χ1v) is 12.7. The number of halogens is 2. The summed E-state index contributed by atoms with van der Waals surface area (Å²) in [7, 11) is -4.76. The third kappa shape index (κ3) is 6.54. The third-order valence-electron chi connectivity index (χ3n) is 5.58. The van der Waals surface area contributed by atoms with Crippen molar-refractivity contribution in [2.45, 2.75) is 23.9 Å². The lowest BCUT2D eigenvalue weighted by Crippen LogP contribution is -2.42. The zero-order valence-corrected chi connectivity index (χ0v) is 20.3. The summed E-state index contributed by atoms with van der Waals surface area (Å²) in [5.74, 6) is -3.33. The highest BCUT2D eigenvalue weighted by Crippen LogP contribution is 2.23. The molecule has 0 saturated carbocycles. The molecule has 3 N–H and O–H groups in total. The Labute approximate surface area is 212 Å². The highest BCUT2D eigenvalue weighted by atomic mass is 32.2. The maximum atomic E-state index is 14.0. The molecule has 0 aliphatic carbocycles. The Morgan fingerprint density at radius 3 is 2.22 bits per heavy atom. The van der Waals surface area contributed by atoms with Gasteiger partial charge < -0.3 is 10.4 Å². The molecule has 0 spiro atoms. The number of benzene rings is 3. The molecular weight excluding hydrogens is 500 g/mol. The monoisotopic (exact) mass is 523 g/mol. The second kappa shape index (κ2) is 11.3. The van der Waals surface area contributed by atoms with Gasteiger partial charge in [-0.25, -0.2) is 22.2 Å². The molecule has 190 valence electrons. The Hall–Kier alpha value is -4.15. The van der Waals surface area contributed by atoms with Crippen molar-refractivity contribution in [3.05, 3.63) is 114 Å².